The first-order valence-electron chi connectivity index (χ1n) is 4.51. The molecule has 1 aromatic rings. The number of hydrogen-bond donors (Lipinski definition) is 3. The summed E-state index contributed by atoms with van der Waals surface area (Å²) in [5.74, 6) is 0. The molecule has 0 fully saturated rings. The lowest BCUT2D eigenvalue weighted by Gasteiger charge is -2.16. The minimum Gasteiger partial charge on any atom is -0.354 e. The second-order valence-electron chi connectivity index (χ2n) is 2.94. The molecule has 6 heteroatoms. The van der Waals surface area contributed by atoms with Crippen LogP contribution in [-0.2, 0) is 0 Å². The highest BCUT2D eigenvalue weighted by Crippen LogP contribution is 2.04. The predicted octanol–water partition coefficient (Wildman–Crippen LogP) is 0.694. The molecule has 0 aliphatic carbocycles. The molecular formula is C9H11N5S. The molecule has 2 rings (SSSR count). The minimum atomic E-state index is 0.516. The molecule has 0 saturated carbocycles. The van der Waals surface area contributed by atoms with Crippen molar-refractivity contribution in [2.75, 3.05) is 12.0 Å². The molecule has 0 bridgehead atoms. The molecule has 0 radical (unpaired) electrons. The maximum Gasteiger partial charge on any atom is 0.191 e. The SMILES string of the molecule is S=C(Nc1ccccc1)NN1CNC=N1. The Morgan fingerprint density at radius 3 is 2.87 bits per heavy atom. The summed E-state index contributed by atoms with van der Waals surface area (Å²) < 4.78 is 0. The number of rotatable bonds is 2. The molecule has 0 saturated heterocycles. The van der Waals surface area contributed by atoms with Gasteiger partial charge in [-0.15, -0.1) is 5.10 Å². The van der Waals surface area contributed by atoms with Gasteiger partial charge in [-0.2, -0.15) is 5.12 Å². The maximum absolute atomic E-state index is 5.11. The number of hydrazine groups is 1. The van der Waals surface area contributed by atoms with Crippen LogP contribution in [-0.4, -0.2) is 23.2 Å². The third-order valence-electron chi connectivity index (χ3n) is 1.79. The smallest absolute Gasteiger partial charge is 0.191 e. The number of thiocarbonyl (C=S) groups is 1. The fourth-order valence-electron chi connectivity index (χ4n) is 1.14. The summed E-state index contributed by atoms with van der Waals surface area (Å²) in [6.45, 7) is 0.608. The second kappa shape index (κ2) is 4.61. The summed E-state index contributed by atoms with van der Waals surface area (Å²) in [4.78, 5) is 0. The Kier molecular flexibility index (Phi) is 2.99. The van der Waals surface area contributed by atoms with Gasteiger partial charge < -0.3 is 10.6 Å². The summed E-state index contributed by atoms with van der Waals surface area (Å²) in [5, 5.41) is 12.1. The van der Waals surface area contributed by atoms with Gasteiger partial charge in [0.15, 0.2) is 5.11 Å². The standard InChI is InChI=1S/C9H11N5S/c15-9(13-14-7-10-6-11-14)12-8-4-2-1-3-5-8/h1-6H,7H2,(H,10,11)(H2,12,13,15). The Bertz CT molecular complexity index is 364. The lowest BCUT2D eigenvalue weighted by molar-refractivity contribution is 0.268. The molecule has 0 aromatic heterocycles. The topological polar surface area (TPSA) is 51.7 Å². The van der Waals surface area contributed by atoms with Crippen molar-refractivity contribution in [1.82, 2.24) is 15.9 Å². The van der Waals surface area contributed by atoms with E-state index < -0.39 is 0 Å². The Labute approximate surface area is 93.1 Å². The number of benzene rings is 1. The first kappa shape index (κ1) is 9.72. The van der Waals surface area contributed by atoms with E-state index in [-0.39, 0.29) is 0 Å². The van der Waals surface area contributed by atoms with Crippen molar-refractivity contribution >= 4 is 29.4 Å². The Balaban J connectivity index is 1.84. The van der Waals surface area contributed by atoms with E-state index >= 15 is 0 Å². The van der Waals surface area contributed by atoms with E-state index in [9.17, 15) is 0 Å². The average Bonchev–Trinajstić information content (AvgIpc) is 2.71. The zero-order valence-corrected chi connectivity index (χ0v) is 8.79. The molecule has 0 spiro atoms. The van der Waals surface area contributed by atoms with Crippen LogP contribution in [0.3, 0.4) is 0 Å². The number of hydrazone groups is 1. The summed E-state index contributed by atoms with van der Waals surface area (Å²) in [6.07, 6.45) is 1.61. The van der Waals surface area contributed by atoms with Gasteiger partial charge in [-0.05, 0) is 24.4 Å². The molecule has 0 unspecified atom stereocenters. The molecule has 0 atom stereocenters. The second-order valence-corrected chi connectivity index (χ2v) is 3.35. The van der Waals surface area contributed by atoms with Gasteiger partial charge in [-0.25, -0.2) is 0 Å². The van der Waals surface area contributed by atoms with E-state index in [4.69, 9.17) is 12.2 Å². The van der Waals surface area contributed by atoms with Gasteiger partial charge >= 0.3 is 0 Å². The highest BCUT2D eigenvalue weighted by atomic mass is 32.1. The molecular weight excluding hydrogens is 210 g/mol. The van der Waals surface area contributed by atoms with Crippen molar-refractivity contribution in [3.8, 4) is 0 Å². The van der Waals surface area contributed by atoms with Gasteiger partial charge in [0, 0.05) is 5.69 Å². The van der Waals surface area contributed by atoms with Crippen LogP contribution in [0.25, 0.3) is 0 Å². The normalized spacial score (nSPS) is 13.5. The number of nitrogens with zero attached hydrogens (tertiary/aromatic N) is 2. The van der Waals surface area contributed by atoms with Crippen LogP contribution in [0.4, 0.5) is 5.69 Å². The van der Waals surface area contributed by atoms with Crippen LogP contribution in [0.1, 0.15) is 0 Å². The molecule has 15 heavy (non-hydrogen) atoms. The number of hydrogen-bond acceptors (Lipinski definition) is 4. The third kappa shape index (κ3) is 2.81. The molecule has 78 valence electrons. The molecule has 5 nitrogen and oxygen atoms in total. The van der Waals surface area contributed by atoms with Gasteiger partial charge in [-0.1, -0.05) is 18.2 Å². The molecule has 3 N–H and O–H groups in total. The monoisotopic (exact) mass is 221 g/mol. The quantitative estimate of drug-likeness (QED) is 0.642. The van der Waals surface area contributed by atoms with Gasteiger partial charge in [0.2, 0.25) is 0 Å². The van der Waals surface area contributed by atoms with Crippen LogP contribution in [0.2, 0.25) is 0 Å². The first-order chi connectivity index (χ1) is 7.34. The van der Waals surface area contributed by atoms with E-state index in [0.717, 1.165) is 5.69 Å². The van der Waals surface area contributed by atoms with Gasteiger partial charge in [0.05, 0.1) is 0 Å². The van der Waals surface area contributed by atoms with Crippen LogP contribution >= 0.6 is 12.2 Å². The highest BCUT2D eigenvalue weighted by Gasteiger charge is 2.05. The molecule has 1 aromatic carbocycles. The maximum atomic E-state index is 5.11. The Morgan fingerprint density at radius 1 is 1.40 bits per heavy atom. The van der Waals surface area contributed by atoms with Gasteiger partial charge in [0.1, 0.15) is 13.0 Å². The summed E-state index contributed by atoms with van der Waals surface area (Å²) in [6, 6.07) is 9.73. The van der Waals surface area contributed by atoms with Gasteiger partial charge in [-0.3, -0.25) is 5.43 Å². The van der Waals surface area contributed by atoms with Crippen LogP contribution in [0.15, 0.2) is 35.4 Å². The third-order valence-corrected chi connectivity index (χ3v) is 1.99. The zero-order valence-electron chi connectivity index (χ0n) is 7.97. The average molecular weight is 221 g/mol. The van der Waals surface area contributed by atoms with E-state index in [1.165, 1.54) is 0 Å². The fraction of sp³-hybridized carbons (Fsp3) is 0.111. The van der Waals surface area contributed by atoms with Crippen molar-refractivity contribution in [2.45, 2.75) is 0 Å². The number of anilines is 1. The number of nitrogens with one attached hydrogen (secondary N) is 3. The van der Waals surface area contributed by atoms with Crippen LogP contribution in [0.5, 0.6) is 0 Å². The van der Waals surface area contributed by atoms with Crippen molar-refractivity contribution in [3.63, 3.8) is 0 Å². The van der Waals surface area contributed by atoms with E-state index in [1.54, 1.807) is 11.5 Å². The summed E-state index contributed by atoms with van der Waals surface area (Å²) in [7, 11) is 0. The fourth-order valence-corrected chi connectivity index (χ4v) is 1.37. The lowest BCUT2D eigenvalue weighted by Crippen LogP contribution is -2.41. The van der Waals surface area contributed by atoms with Crippen LogP contribution in [0, 0.1) is 0 Å². The van der Waals surface area contributed by atoms with E-state index in [2.05, 4.69) is 21.2 Å². The lowest BCUT2D eigenvalue weighted by atomic mass is 10.3. The summed E-state index contributed by atoms with van der Waals surface area (Å²) in [5.41, 5.74) is 3.87. The minimum absolute atomic E-state index is 0.516. The van der Waals surface area contributed by atoms with Crippen molar-refractivity contribution < 1.29 is 0 Å². The van der Waals surface area contributed by atoms with Crippen molar-refractivity contribution in [2.24, 2.45) is 5.10 Å². The molecule has 1 heterocycles. The van der Waals surface area contributed by atoms with Crippen molar-refractivity contribution in [1.29, 1.82) is 0 Å². The van der Waals surface area contributed by atoms with E-state index in [1.807, 2.05) is 30.3 Å². The number of para-hydroxylation sites is 1. The summed E-state index contributed by atoms with van der Waals surface area (Å²) >= 11 is 5.11. The Morgan fingerprint density at radius 2 is 2.20 bits per heavy atom. The van der Waals surface area contributed by atoms with Crippen molar-refractivity contribution in [3.05, 3.63) is 30.3 Å². The van der Waals surface area contributed by atoms with Crippen LogP contribution < -0.4 is 16.1 Å². The zero-order chi connectivity index (χ0) is 10.5. The molecule has 0 amide bonds. The Hall–Kier alpha value is -1.82. The van der Waals surface area contributed by atoms with Gasteiger partial charge in [0.25, 0.3) is 0 Å². The first-order valence-corrected chi connectivity index (χ1v) is 4.91. The predicted molar refractivity (Wildman–Crippen MR) is 64.1 cm³/mol. The molecule has 1 aliphatic rings. The van der Waals surface area contributed by atoms with E-state index in [0.29, 0.717) is 11.8 Å². The highest BCUT2D eigenvalue weighted by molar-refractivity contribution is 7.80. The largest absolute Gasteiger partial charge is 0.354 e. The molecule has 1 aliphatic heterocycles.